The number of rotatable bonds is 3. The number of carbonyl (C=O) groups excluding carboxylic acids is 2. The highest BCUT2D eigenvalue weighted by Gasteiger charge is 2.47. The van der Waals surface area contributed by atoms with E-state index in [1.807, 2.05) is 50.3 Å². The lowest BCUT2D eigenvalue weighted by atomic mass is 10.1. The Morgan fingerprint density at radius 3 is 1.88 bits per heavy atom. The molecule has 2 aromatic rings. The van der Waals surface area contributed by atoms with E-state index in [-0.39, 0.29) is 11.8 Å². The lowest BCUT2D eigenvalue weighted by Gasteiger charge is -2.18. The largest absolute Gasteiger partial charge is 0.309 e. The molecule has 0 bridgehead atoms. The summed E-state index contributed by atoms with van der Waals surface area (Å²) in [7, 11) is 3.49. The minimum Gasteiger partial charge on any atom is -0.309 e. The zero-order chi connectivity index (χ0) is 18.6. The monoisotopic (exact) mass is 382 g/mol. The van der Waals surface area contributed by atoms with Crippen LogP contribution in [-0.2, 0) is 9.59 Å². The standard InChI is InChI=1S/C20H18N2O2S2/c1-5-6-12-8-10-14(26-12)18-16-15(19(23)22(18)4)17(21(3)20(16)24)13-9-7-11(2)25-13/h5-10H,1-4H3/b6-5+. The second-order valence-corrected chi connectivity index (χ2v) is 8.69. The van der Waals surface area contributed by atoms with Gasteiger partial charge >= 0.3 is 0 Å². The van der Waals surface area contributed by atoms with Gasteiger partial charge in [0.1, 0.15) is 0 Å². The number of allylic oxidation sites excluding steroid dienone is 1. The summed E-state index contributed by atoms with van der Waals surface area (Å²) in [4.78, 5) is 33.4. The highest BCUT2D eigenvalue weighted by atomic mass is 32.1. The molecule has 4 nitrogen and oxygen atoms in total. The first-order chi connectivity index (χ1) is 12.4. The van der Waals surface area contributed by atoms with E-state index < -0.39 is 0 Å². The van der Waals surface area contributed by atoms with Gasteiger partial charge < -0.3 is 9.80 Å². The molecule has 26 heavy (non-hydrogen) atoms. The Labute approximate surface area is 160 Å². The zero-order valence-electron chi connectivity index (χ0n) is 15.0. The molecular weight excluding hydrogens is 364 g/mol. The van der Waals surface area contributed by atoms with E-state index in [1.165, 1.54) is 0 Å². The molecule has 0 aromatic carbocycles. The summed E-state index contributed by atoms with van der Waals surface area (Å²) < 4.78 is 0. The van der Waals surface area contributed by atoms with E-state index in [2.05, 4.69) is 0 Å². The third-order valence-corrected chi connectivity index (χ3v) is 6.66. The Bertz CT molecular complexity index is 1040. The second-order valence-electron chi connectivity index (χ2n) is 6.29. The molecule has 0 radical (unpaired) electrons. The number of thiophene rings is 2. The van der Waals surface area contributed by atoms with Crippen LogP contribution in [0, 0.1) is 6.92 Å². The lowest BCUT2D eigenvalue weighted by Crippen LogP contribution is -2.24. The Hall–Kier alpha value is -2.44. The average molecular weight is 383 g/mol. The maximum Gasteiger partial charge on any atom is 0.261 e. The highest BCUT2D eigenvalue weighted by molar-refractivity contribution is 7.14. The summed E-state index contributed by atoms with van der Waals surface area (Å²) in [6.07, 6.45) is 4.00. The first kappa shape index (κ1) is 17.0. The van der Waals surface area contributed by atoms with Gasteiger partial charge in [0.15, 0.2) is 0 Å². The normalized spacial score (nSPS) is 17.5. The van der Waals surface area contributed by atoms with Crippen LogP contribution in [0.5, 0.6) is 0 Å². The molecule has 2 aliphatic rings. The fraction of sp³-hybridized carbons (Fsp3) is 0.200. The average Bonchev–Trinajstić information content (AvgIpc) is 3.34. The number of carbonyl (C=O) groups is 2. The molecule has 2 amide bonds. The molecule has 0 aliphatic carbocycles. The van der Waals surface area contributed by atoms with Crippen LogP contribution in [0.25, 0.3) is 17.5 Å². The molecule has 0 saturated carbocycles. The smallest absolute Gasteiger partial charge is 0.261 e. The first-order valence-corrected chi connectivity index (χ1v) is 9.92. The van der Waals surface area contributed by atoms with Crippen molar-refractivity contribution in [2.75, 3.05) is 14.1 Å². The number of hydrogen-bond donors (Lipinski definition) is 0. The molecular formula is C20H18N2O2S2. The van der Waals surface area contributed by atoms with E-state index in [9.17, 15) is 9.59 Å². The van der Waals surface area contributed by atoms with E-state index in [4.69, 9.17) is 0 Å². The zero-order valence-corrected chi connectivity index (χ0v) is 16.6. The Balaban J connectivity index is 1.95. The number of fused-ring (bicyclic) bond motifs is 1. The molecule has 0 N–H and O–H groups in total. The molecule has 6 heteroatoms. The van der Waals surface area contributed by atoms with E-state index in [0.29, 0.717) is 16.8 Å². The first-order valence-electron chi connectivity index (χ1n) is 8.28. The van der Waals surface area contributed by atoms with E-state index in [0.717, 1.165) is 25.2 Å². The van der Waals surface area contributed by atoms with Crippen molar-refractivity contribution in [1.29, 1.82) is 0 Å². The predicted molar refractivity (Wildman–Crippen MR) is 107 cm³/mol. The van der Waals surface area contributed by atoms with Gasteiger partial charge in [-0.25, -0.2) is 0 Å². The van der Waals surface area contributed by atoms with Crippen LogP contribution in [-0.4, -0.2) is 35.7 Å². The number of likely N-dealkylation sites (N-methyl/N-ethyl adjacent to an activating group) is 2. The molecule has 2 aliphatic heterocycles. The lowest BCUT2D eigenvalue weighted by molar-refractivity contribution is -0.123. The highest BCUT2D eigenvalue weighted by Crippen LogP contribution is 2.47. The van der Waals surface area contributed by atoms with Crippen LogP contribution < -0.4 is 0 Å². The number of amides is 2. The summed E-state index contributed by atoms with van der Waals surface area (Å²) >= 11 is 3.18. The van der Waals surface area contributed by atoms with Crippen molar-refractivity contribution >= 4 is 52.0 Å². The maximum absolute atomic E-state index is 13.0. The van der Waals surface area contributed by atoms with Crippen molar-refractivity contribution in [2.24, 2.45) is 0 Å². The molecule has 0 saturated heterocycles. The van der Waals surface area contributed by atoms with E-state index in [1.54, 1.807) is 46.6 Å². The minimum absolute atomic E-state index is 0.116. The van der Waals surface area contributed by atoms with Gasteiger partial charge in [-0.1, -0.05) is 6.08 Å². The Morgan fingerprint density at radius 1 is 0.846 bits per heavy atom. The quantitative estimate of drug-likeness (QED) is 0.798. The van der Waals surface area contributed by atoms with Crippen molar-refractivity contribution in [1.82, 2.24) is 9.80 Å². The molecule has 0 unspecified atom stereocenters. The SMILES string of the molecule is C/C=C/c1ccc(C2=C3C(=O)N(C)C(c4ccc(C)s4)=C3C(=O)N2C)s1. The molecule has 132 valence electrons. The molecule has 4 rings (SSSR count). The van der Waals surface area contributed by atoms with Crippen LogP contribution in [0.15, 0.2) is 41.5 Å². The number of hydrogen-bond acceptors (Lipinski definition) is 4. The predicted octanol–water partition coefficient (Wildman–Crippen LogP) is 4.22. The number of aryl methyl sites for hydroxylation is 1. The second kappa shape index (κ2) is 6.07. The van der Waals surface area contributed by atoms with Gasteiger partial charge in [-0.15, -0.1) is 22.7 Å². The minimum atomic E-state index is -0.116. The molecule has 4 heterocycles. The Morgan fingerprint density at radius 2 is 1.38 bits per heavy atom. The molecule has 0 spiro atoms. The van der Waals surface area contributed by atoms with Crippen LogP contribution in [0.3, 0.4) is 0 Å². The fourth-order valence-electron chi connectivity index (χ4n) is 3.40. The van der Waals surface area contributed by atoms with Crippen molar-refractivity contribution in [3.05, 3.63) is 61.0 Å². The van der Waals surface area contributed by atoms with Gasteiger partial charge in [-0.05, 0) is 44.2 Å². The van der Waals surface area contributed by atoms with Crippen LogP contribution in [0.1, 0.15) is 26.4 Å². The maximum atomic E-state index is 13.0. The van der Waals surface area contributed by atoms with Crippen molar-refractivity contribution < 1.29 is 9.59 Å². The Kier molecular flexibility index (Phi) is 3.97. The van der Waals surface area contributed by atoms with Gasteiger partial charge in [0.2, 0.25) is 0 Å². The van der Waals surface area contributed by atoms with Gasteiger partial charge in [0.25, 0.3) is 11.8 Å². The van der Waals surface area contributed by atoms with E-state index >= 15 is 0 Å². The van der Waals surface area contributed by atoms with Crippen molar-refractivity contribution in [3.8, 4) is 0 Å². The van der Waals surface area contributed by atoms with Gasteiger partial charge in [0.05, 0.1) is 32.3 Å². The van der Waals surface area contributed by atoms with Crippen LogP contribution >= 0.6 is 22.7 Å². The molecule has 0 atom stereocenters. The third-order valence-electron chi connectivity index (χ3n) is 4.60. The summed E-state index contributed by atoms with van der Waals surface area (Å²) in [5.41, 5.74) is 2.49. The topological polar surface area (TPSA) is 40.6 Å². The number of nitrogens with zero attached hydrogens (tertiary/aromatic N) is 2. The van der Waals surface area contributed by atoms with Gasteiger partial charge in [-0.2, -0.15) is 0 Å². The van der Waals surface area contributed by atoms with Gasteiger partial charge in [-0.3, -0.25) is 9.59 Å². The van der Waals surface area contributed by atoms with Crippen molar-refractivity contribution in [2.45, 2.75) is 13.8 Å². The summed E-state index contributed by atoms with van der Waals surface area (Å²) in [5, 5.41) is 0. The van der Waals surface area contributed by atoms with Crippen molar-refractivity contribution in [3.63, 3.8) is 0 Å². The van der Waals surface area contributed by atoms with Crippen LogP contribution in [0.2, 0.25) is 0 Å². The molecule has 2 aromatic heterocycles. The third kappa shape index (κ3) is 2.33. The summed E-state index contributed by atoms with van der Waals surface area (Å²) in [5.74, 6) is -0.232. The summed E-state index contributed by atoms with van der Waals surface area (Å²) in [6.45, 7) is 3.99. The van der Waals surface area contributed by atoms with Crippen LogP contribution in [0.4, 0.5) is 0 Å². The fourth-order valence-corrected chi connectivity index (χ4v) is 5.42. The summed E-state index contributed by atoms with van der Waals surface area (Å²) in [6, 6.07) is 7.99. The van der Waals surface area contributed by atoms with Gasteiger partial charge in [0, 0.05) is 23.8 Å². The molecule has 0 fully saturated rings.